The molecule has 1 aliphatic carbocycles. The van der Waals surface area contributed by atoms with E-state index in [1.165, 1.54) is 4.57 Å². The number of rotatable bonds is 4. The van der Waals surface area contributed by atoms with Crippen molar-refractivity contribution in [2.75, 3.05) is 25.5 Å². The minimum atomic E-state index is -3.15. The van der Waals surface area contributed by atoms with Gasteiger partial charge in [0.1, 0.15) is 0 Å². The Balaban J connectivity index is 1.38. The summed E-state index contributed by atoms with van der Waals surface area (Å²) >= 11 is 0. The van der Waals surface area contributed by atoms with Crippen LogP contribution in [0.5, 0.6) is 0 Å². The van der Waals surface area contributed by atoms with Crippen LogP contribution in [0.25, 0.3) is 11.1 Å². The number of oxazole rings is 1. The van der Waals surface area contributed by atoms with Crippen molar-refractivity contribution in [2.24, 2.45) is 7.05 Å². The highest BCUT2D eigenvalue weighted by molar-refractivity contribution is 7.90. The molecule has 2 amide bonds. The highest BCUT2D eigenvalue weighted by atomic mass is 32.2. The van der Waals surface area contributed by atoms with Gasteiger partial charge in [0.05, 0.1) is 10.8 Å². The molecule has 2 aromatic rings. The maximum absolute atomic E-state index is 12.6. The third-order valence-corrected chi connectivity index (χ3v) is 8.04. The van der Waals surface area contributed by atoms with Gasteiger partial charge in [0.2, 0.25) is 10.0 Å². The van der Waals surface area contributed by atoms with Crippen molar-refractivity contribution >= 4 is 32.8 Å². The first-order valence-electron chi connectivity index (χ1n) is 9.40. The number of carbonyl (C=O) groups excluding carboxylic acids is 1. The number of amides is 2. The zero-order valence-electron chi connectivity index (χ0n) is 15.9. The van der Waals surface area contributed by atoms with Crippen LogP contribution in [0.1, 0.15) is 25.7 Å². The Morgan fingerprint density at radius 1 is 1.21 bits per heavy atom. The van der Waals surface area contributed by atoms with Crippen LogP contribution in [-0.2, 0) is 17.1 Å². The van der Waals surface area contributed by atoms with Gasteiger partial charge in [0, 0.05) is 45.0 Å². The average Bonchev–Trinajstić information content (AvgIpc) is 3.49. The van der Waals surface area contributed by atoms with E-state index in [1.807, 2.05) is 0 Å². The molecule has 2 aliphatic rings. The predicted octanol–water partition coefficient (Wildman–Crippen LogP) is 1.55. The molecular weight excluding hydrogens is 384 g/mol. The lowest BCUT2D eigenvalue weighted by molar-refractivity contribution is 0.174. The Kier molecular flexibility index (Phi) is 4.70. The monoisotopic (exact) mass is 408 g/mol. The number of hydrogen-bond acceptors (Lipinski definition) is 5. The molecule has 1 aromatic carbocycles. The maximum atomic E-state index is 12.6. The van der Waals surface area contributed by atoms with E-state index < -0.39 is 15.8 Å². The summed E-state index contributed by atoms with van der Waals surface area (Å²) in [5.74, 6) is -0.455. The number of aromatic nitrogens is 1. The van der Waals surface area contributed by atoms with E-state index in [1.54, 1.807) is 41.5 Å². The van der Waals surface area contributed by atoms with Crippen molar-refractivity contribution in [3.63, 3.8) is 0 Å². The van der Waals surface area contributed by atoms with Gasteiger partial charge in [-0.1, -0.05) is 0 Å². The lowest BCUT2D eigenvalue weighted by Gasteiger charge is -2.36. The second-order valence-electron chi connectivity index (χ2n) is 7.53. The number of hydrogen-bond donors (Lipinski definition) is 1. The standard InChI is InChI=1S/C18H24N4O5S/c1-20(13-7-9-22(10-8-13)28(25,26)14-4-5-14)17(23)19-12-3-6-15-16(11-12)27-18(24)21(15)2/h3,6,11,13-14H,4-5,7-10H2,1-2H3,(H,19,23). The fourth-order valence-electron chi connectivity index (χ4n) is 3.65. The van der Waals surface area contributed by atoms with Crippen LogP contribution >= 0.6 is 0 Å². The van der Waals surface area contributed by atoms with Crippen LogP contribution in [0.4, 0.5) is 10.5 Å². The molecule has 0 radical (unpaired) electrons. The molecule has 1 aliphatic heterocycles. The van der Waals surface area contributed by atoms with Gasteiger partial charge < -0.3 is 14.6 Å². The first-order valence-corrected chi connectivity index (χ1v) is 10.9. The molecule has 1 aromatic heterocycles. The van der Waals surface area contributed by atoms with Crippen LogP contribution in [0.15, 0.2) is 27.4 Å². The smallest absolute Gasteiger partial charge is 0.408 e. The number of sulfonamides is 1. The first-order chi connectivity index (χ1) is 13.3. The fourth-order valence-corrected chi connectivity index (χ4v) is 5.52. The van der Waals surface area contributed by atoms with Gasteiger partial charge in [-0.25, -0.2) is 22.3 Å². The van der Waals surface area contributed by atoms with E-state index in [0.29, 0.717) is 42.7 Å². The van der Waals surface area contributed by atoms with Gasteiger partial charge in [0.15, 0.2) is 5.58 Å². The minimum absolute atomic E-state index is 0.0240. The van der Waals surface area contributed by atoms with Crippen molar-refractivity contribution in [3.05, 3.63) is 28.7 Å². The minimum Gasteiger partial charge on any atom is -0.408 e. The molecule has 1 saturated heterocycles. The Morgan fingerprint density at radius 2 is 1.89 bits per heavy atom. The van der Waals surface area contributed by atoms with Crippen LogP contribution in [0.2, 0.25) is 0 Å². The SMILES string of the molecule is CN(C(=O)Nc1ccc2c(c1)oc(=O)n2C)C1CCN(S(=O)(=O)C2CC2)CC1. The van der Waals surface area contributed by atoms with Crippen LogP contribution < -0.4 is 11.1 Å². The summed E-state index contributed by atoms with van der Waals surface area (Å²) in [6.45, 7) is 0.893. The lowest BCUT2D eigenvalue weighted by Crippen LogP contribution is -2.48. The molecule has 1 N–H and O–H groups in total. The van der Waals surface area contributed by atoms with Crippen molar-refractivity contribution < 1.29 is 17.6 Å². The van der Waals surface area contributed by atoms with E-state index in [2.05, 4.69) is 5.32 Å². The van der Waals surface area contributed by atoms with Crippen molar-refractivity contribution in [1.29, 1.82) is 0 Å². The molecule has 0 unspecified atom stereocenters. The Hall–Kier alpha value is -2.33. The molecule has 4 rings (SSSR count). The zero-order chi connectivity index (χ0) is 20.1. The largest absolute Gasteiger partial charge is 0.419 e. The lowest BCUT2D eigenvalue weighted by atomic mass is 10.1. The second kappa shape index (κ2) is 6.93. The molecule has 0 atom stereocenters. The molecule has 28 heavy (non-hydrogen) atoms. The fraction of sp³-hybridized carbons (Fsp3) is 0.556. The van der Waals surface area contributed by atoms with Gasteiger partial charge in [-0.3, -0.25) is 4.57 Å². The van der Waals surface area contributed by atoms with Gasteiger partial charge in [-0.2, -0.15) is 0 Å². The summed E-state index contributed by atoms with van der Waals surface area (Å²) in [6.07, 6.45) is 2.75. The second-order valence-corrected chi connectivity index (χ2v) is 9.74. The number of fused-ring (bicyclic) bond motifs is 1. The van der Waals surface area contributed by atoms with E-state index in [-0.39, 0.29) is 17.3 Å². The summed E-state index contributed by atoms with van der Waals surface area (Å²) in [7, 11) is 0.183. The molecule has 152 valence electrons. The van der Waals surface area contributed by atoms with E-state index >= 15 is 0 Å². The summed E-state index contributed by atoms with van der Waals surface area (Å²) < 4.78 is 32.8. The van der Waals surface area contributed by atoms with Crippen molar-refractivity contribution in [1.82, 2.24) is 13.8 Å². The predicted molar refractivity (Wildman–Crippen MR) is 105 cm³/mol. The number of benzene rings is 1. The highest BCUT2D eigenvalue weighted by Crippen LogP contribution is 2.32. The van der Waals surface area contributed by atoms with Crippen LogP contribution in [0.3, 0.4) is 0 Å². The number of piperidine rings is 1. The number of aryl methyl sites for hydroxylation is 1. The summed E-state index contributed by atoms with van der Waals surface area (Å²) in [5, 5.41) is 2.62. The number of carbonyl (C=O) groups is 1. The maximum Gasteiger partial charge on any atom is 0.419 e. The molecule has 2 heterocycles. The average molecular weight is 408 g/mol. The Morgan fingerprint density at radius 3 is 2.54 bits per heavy atom. The van der Waals surface area contributed by atoms with Gasteiger partial charge in [-0.05, 0) is 37.8 Å². The van der Waals surface area contributed by atoms with Gasteiger partial charge in [-0.15, -0.1) is 0 Å². The number of anilines is 1. The molecule has 0 bridgehead atoms. The normalized spacial score (nSPS) is 19.1. The first kappa shape index (κ1) is 19.0. The van der Waals surface area contributed by atoms with Crippen LogP contribution in [0, 0.1) is 0 Å². The van der Waals surface area contributed by atoms with Crippen molar-refractivity contribution in [3.8, 4) is 0 Å². The molecule has 9 nitrogen and oxygen atoms in total. The van der Waals surface area contributed by atoms with E-state index in [9.17, 15) is 18.0 Å². The van der Waals surface area contributed by atoms with Gasteiger partial charge in [0.25, 0.3) is 0 Å². The molecule has 1 saturated carbocycles. The molecular formula is C18H24N4O5S. The summed E-state index contributed by atoms with van der Waals surface area (Å²) in [6, 6.07) is 4.75. The highest BCUT2D eigenvalue weighted by Gasteiger charge is 2.41. The Labute approximate surface area is 162 Å². The molecule has 2 fully saturated rings. The molecule has 0 spiro atoms. The quantitative estimate of drug-likeness (QED) is 0.826. The summed E-state index contributed by atoms with van der Waals surface area (Å²) in [4.78, 5) is 25.8. The zero-order valence-corrected chi connectivity index (χ0v) is 16.7. The number of nitrogens with zero attached hydrogens (tertiary/aromatic N) is 3. The van der Waals surface area contributed by atoms with Crippen LogP contribution in [-0.4, -0.2) is 59.7 Å². The third kappa shape index (κ3) is 3.42. The topological polar surface area (TPSA) is 105 Å². The number of nitrogens with one attached hydrogen (secondary N) is 1. The van der Waals surface area contributed by atoms with Crippen molar-refractivity contribution in [2.45, 2.75) is 37.0 Å². The van der Waals surface area contributed by atoms with E-state index in [4.69, 9.17) is 4.42 Å². The number of urea groups is 1. The third-order valence-electron chi connectivity index (χ3n) is 5.64. The van der Waals surface area contributed by atoms with Gasteiger partial charge >= 0.3 is 11.8 Å². The van der Waals surface area contributed by atoms with E-state index in [0.717, 1.165) is 12.8 Å². The Bertz CT molecular complexity index is 1060. The summed E-state index contributed by atoms with van der Waals surface area (Å²) in [5.41, 5.74) is 1.60. The molecule has 10 heteroatoms.